The number of nitrogens with zero attached hydrogens (tertiary/aromatic N) is 3. The molecule has 0 spiro atoms. The quantitative estimate of drug-likeness (QED) is 0.773. The van der Waals surface area contributed by atoms with Crippen LogP contribution in [0.15, 0.2) is 31.1 Å². The summed E-state index contributed by atoms with van der Waals surface area (Å²) in [5.41, 5.74) is 0. The monoisotopic (exact) mass is 259 g/mol. The Morgan fingerprint density at radius 3 is 2.53 bits per heavy atom. The number of ether oxygens (including phenoxy) is 1. The van der Waals surface area contributed by atoms with Crippen LogP contribution in [0, 0.1) is 0 Å². The minimum Gasteiger partial charge on any atom is -0.460 e. The number of hydrogen-bond acceptors (Lipinski definition) is 4. The molecule has 3 rings (SSSR count). The van der Waals surface area contributed by atoms with Gasteiger partial charge < -0.3 is 9.64 Å². The van der Waals surface area contributed by atoms with E-state index in [2.05, 4.69) is 16.5 Å². The second-order valence-electron chi connectivity index (χ2n) is 5.08. The van der Waals surface area contributed by atoms with Gasteiger partial charge in [-0.25, -0.2) is 9.97 Å². The van der Waals surface area contributed by atoms with Crippen molar-refractivity contribution in [2.45, 2.75) is 43.9 Å². The number of carbonyl (C=O) groups excluding carboxylic acids is 1. The fraction of sp³-hybridized carbons (Fsp3) is 0.500. The Kier molecular flexibility index (Phi) is 3.19. The molecule has 5 heteroatoms. The molecule has 1 amide bonds. The molecule has 2 aliphatic heterocycles. The largest absolute Gasteiger partial charge is 0.460 e. The summed E-state index contributed by atoms with van der Waals surface area (Å²) >= 11 is 0. The van der Waals surface area contributed by atoms with E-state index in [1.165, 1.54) is 6.08 Å². The molecular formula is C14H17N3O2. The molecule has 100 valence electrons. The van der Waals surface area contributed by atoms with Crippen LogP contribution < -0.4 is 4.74 Å². The highest BCUT2D eigenvalue weighted by Crippen LogP contribution is 2.36. The number of piperidine rings is 1. The normalized spacial score (nSPS) is 29.1. The molecular weight excluding hydrogens is 242 g/mol. The molecule has 2 fully saturated rings. The summed E-state index contributed by atoms with van der Waals surface area (Å²) in [6.07, 6.45) is 8.68. The smallest absolute Gasteiger partial charge is 0.316 e. The van der Waals surface area contributed by atoms with Gasteiger partial charge in [-0.15, -0.1) is 0 Å². The van der Waals surface area contributed by atoms with Gasteiger partial charge in [0.05, 0.1) is 0 Å². The van der Waals surface area contributed by atoms with E-state index in [1.54, 1.807) is 18.5 Å². The third kappa shape index (κ3) is 2.32. The maximum atomic E-state index is 11.8. The molecule has 1 aromatic rings. The molecule has 1 aromatic heterocycles. The highest BCUT2D eigenvalue weighted by Gasteiger charge is 2.43. The number of amides is 1. The lowest BCUT2D eigenvalue weighted by Crippen LogP contribution is -2.48. The zero-order valence-electron chi connectivity index (χ0n) is 10.7. The predicted octanol–water partition coefficient (Wildman–Crippen LogP) is 1.56. The van der Waals surface area contributed by atoms with Gasteiger partial charge in [0.25, 0.3) is 0 Å². The second-order valence-corrected chi connectivity index (χ2v) is 5.08. The SMILES string of the molecule is C=CC(=O)N1[C@@H]2CC[C@H]1CC(Oc1ncccn1)C2. The molecule has 0 N–H and O–H groups in total. The van der Waals surface area contributed by atoms with E-state index in [1.807, 2.05) is 4.90 Å². The highest BCUT2D eigenvalue weighted by molar-refractivity contribution is 5.87. The summed E-state index contributed by atoms with van der Waals surface area (Å²) < 4.78 is 5.81. The summed E-state index contributed by atoms with van der Waals surface area (Å²) in [6, 6.07) is 2.74. The molecule has 0 radical (unpaired) electrons. The van der Waals surface area contributed by atoms with Gasteiger partial charge in [-0.2, -0.15) is 0 Å². The summed E-state index contributed by atoms with van der Waals surface area (Å²) in [4.78, 5) is 22.0. The average Bonchev–Trinajstić information content (AvgIpc) is 2.71. The predicted molar refractivity (Wildman–Crippen MR) is 69.5 cm³/mol. The molecule has 2 aliphatic rings. The number of carbonyl (C=O) groups is 1. The zero-order chi connectivity index (χ0) is 13.2. The maximum Gasteiger partial charge on any atom is 0.316 e. The Morgan fingerprint density at radius 1 is 1.32 bits per heavy atom. The van der Waals surface area contributed by atoms with Crippen molar-refractivity contribution >= 4 is 5.91 Å². The van der Waals surface area contributed by atoms with Crippen molar-refractivity contribution in [2.75, 3.05) is 0 Å². The summed E-state index contributed by atoms with van der Waals surface area (Å²) in [6.45, 7) is 3.58. The van der Waals surface area contributed by atoms with E-state index in [-0.39, 0.29) is 24.1 Å². The Bertz CT molecular complexity index is 463. The molecule has 1 unspecified atom stereocenters. The molecule has 2 bridgehead atoms. The Morgan fingerprint density at radius 2 is 1.95 bits per heavy atom. The van der Waals surface area contributed by atoms with Crippen LogP contribution in [0.1, 0.15) is 25.7 Å². The van der Waals surface area contributed by atoms with Crippen LogP contribution in [-0.4, -0.2) is 39.0 Å². The van der Waals surface area contributed by atoms with Crippen molar-refractivity contribution < 1.29 is 9.53 Å². The van der Waals surface area contributed by atoms with Crippen molar-refractivity contribution in [1.29, 1.82) is 0 Å². The molecule has 3 heterocycles. The molecule has 3 atom stereocenters. The van der Waals surface area contributed by atoms with Gasteiger partial charge in [0.15, 0.2) is 0 Å². The van der Waals surface area contributed by atoms with Crippen molar-refractivity contribution in [2.24, 2.45) is 0 Å². The fourth-order valence-corrected chi connectivity index (χ4v) is 3.18. The van der Waals surface area contributed by atoms with Crippen molar-refractivity contribution in [3.63, 3.8) is 0 Å². The van der Waals surface area contributed by atoms with E-state index in [0.717, 1.165) is 25.7 Å². The van der Waals surface area contributed by atoms with Crippen LogP contribution in [0.2, 0.25) is 0 Å². The van der Waals surface area contributed by atoms with Gasteiger partial charge in [-0.1, -0.05) is 6.58 Å². The van der Waals surface area contributed by atoms with Crippen LogP contribution in [-0.2, 0) is 4.79 Å². The lowest BCUT2D eigenvalue weighted by Gasteiger charge is -2.37. The molecule has 19 heavy (non-hydrogen) atoms. The lowest BCUT2D eigenvalue weighted by atomic mass is 9.99. The number of aromatic nitrogens is 2. The first-order valence-corrected chi connectivity index (χ1v) is 6.66. The van der Waals surface area contributed by atoms with Crippen LogP contribution in [0.25, 0.3) is 0 Å². The van der Waals surface area contributed by atoms with Gasteiger partial charge in [0.2, 0.25) is 5.91 Å². The van der Waals surface area contributed by atoms with Gasteiger partial charge in [0.1, 0.15) is 6.10 Å². The number of rotatable bonds is 3. The molecule has 0 saturated carbocycles. The lowest BCUT2D eigenvalue weighted by molar-refractivity contribution is -0.131. The molecule has 0 aliphatic carbocycles. The van der Waals surface area contributed by atoms with Gasteiger partial charge >= 0.3 is 6.01 Å². The topological polar surface area (TPSA) is 55.3 Å². The summed E-state index contributed by atoms with van der Waals surface area (Å²) in [7, 11) is 0. The molecule has 5 nitrogen and oxygen atoms in total. The Labute approximate surface area is 112 Å². The van der Waals surface area contributed by atoms with E-state index in [0.29, 0.717) is 6.01 Å². The van der Waals surface area contributed by atoms with Gasteiger partial charge in [-0.05, 0) is 25.0 Å². The number of hydrogen-bond donors (Lipinski definition) is 0. The van der Waals surface area contributed by atoms with Crippen LogP contribution in [0.4, 0.5) is 0 Å². The average molecular weight is 259 g/mol. The van der Waals surface area contributed by atoms with E-state index in [4.69, 9.17) is 4.74 Å². The Hall–Kier alpha value is -1.91. The standard InChI is InChI=1S/C14H17N3O2/c1-2-13(18)17-10-4-5-11(17)9-12(8-10)19-14-15-6-3-7-16-14/h2-3,6-7,10-12H,1,4-5,8-9H2/t10-,11+,12?. The van der Waals surface area contributed by atoms with E-state index in [9.17, 15) is 4.79 Å². The minimum absolute atomic E-state index is 0.0434. The summed E-state index contributed by atoms with van der Waals surface area (Å²) in [5, 5.41) is 0. The minimum atomic E-state index is 0.0434. The van der Waals surface area contributed by atoms with Crippen LogP contribution >= 0.6 is 0 Å². The number of fused-ring (bicyclic) bond motifs is 2. The first-order chi connectivity index (χ1) is 9.28. The highest BCUT2D eigenvalue weighted by atomic mass is 16.5. The molecule has 0 aromatic carbocycles. The second kappa shape index (κ2) is 4.99. The van der Waals surface area contributed by atoms with Gasteiger partial charge in [-0.3, -0.25) is 4.79 Å². The third-order valence-electron chi connectivity index (χ3n) is 3.93. The third-order valence-corrected chi connectivity index (χ3v) is 3.93. The van der Waals surface area contributed by atoms with E-state index < -0.39 is 0 Å². The van der Waals surface area contributed by atoms with Crippen molar-refractivity contribution in [3.8, 4) is 6.01 Å². The fourth-order valence-electron chi connectivity index (χ4n) is 3.18. The van der Waals surface area contributed by atoms with Crippen LogP contribution in [0.3, 0.4) is 0 Å². The first-order valence-electron chi connectivity index (χ1n) is 6.66. The first kappa shape index (κ1) is 12.1. The Balaban J connectivity index is 1.67. The van der Waals surface area contributed by atoms with Gasteiger partial charge in [0, 0.05) is 37.3 Å². The molecule has 2 saturated heterocycles. The zero-order valence-corrected chi connectivity index (χ0v) is 10.7. The van der Waals surface area contributed by atoms with Crippen LogP contribution in [0.5, 0.6) is 6.01 Å². The van der Waals surface area contributed by atoms with Crippen molar-refractivity contribution in [3.05, 3.63) is 31.1 Å². The van der Waals surface area contributed by atoms with E-state index >= 15 is 0 Å². The summed E-state index contributed by atoms with van der Waals surface area (Å²) in [5.74, 6) is 0.0434. The van der Waals surface area contributed by atoms with Crippen molar-refractivity contribution in [1.82, 2.24) is 14.9 Å². The maximum absolute atomic E-state index is 11.8.